The highest BCUT2D eigenvalue weighted by molar-refractivity contribution is 5.89. The summed E-state index contributed by atoms with van der Waals surface area (Å²) in [7, 11) is 0. The summed E-state index contributed by atoms with van der Waals surface area (Å²) < 4.78 is 5.89. The Balaban J connectivity index is 0.00000161. The van der Waals surface area contributed by atoms with Crippen LogP contribution < -0.4 is 5.73 Å². The summed E-state index contributed by atoms with van der Waals surface area (Å²) in [5, 5.41) is 0. The molecule has 0 radical (unpaired) electrons. The summed E-state index contributed by atoms with van der Waals surface area (Å²) in [5.41, 5.74) is 5.69. The van der Waals surface area contributed by atoms with Crippen molar-refractivity contribution < 1.29 is 9.53 Å². The molecule has 3 aliphatic rings. The van der Waals surface area contributed by atoms with E-state index in [9.17, 15) is 4.79 Å². The third kappa shape index (κ3) is 2.40. The standard InChI is InChI=1S/C16H28N2O2.ClH/c1-4-18(10-11-7-8-11)14(19)16(17)12-6-5-9-20-13(12)15(16,2)3;/h11-13H,4-10,17H2,1-3H3;1H. The lowest BCUT2D eigenvalue weighted by atomic mass is 9.46. The summed E-state index contributed by atoms with van der Waals surface area (Å²) in [6.07, 6.45) is 4.74. The van der Waals surface area contributed by atoms with Crippen molar-refractivity contribution in [3.8, 4) is 0 Å². The molecule has 21 heavy (non-hydrogen) atoms. The highest BCUT2D eigenvalue weighted by Gasteiger charge is 2.70. The Hall–Kier alpha value is -0.320. The first-order valence-corrected chi connectivity index (χ1v) is 8.12. The van der Waals surface area contributed by atoms with E-state index in [1.165, 1.54) is 12.8 Å². The van der Waals surface area contributed by atoms with Gasteiger partial charge in [-0.05, 0) is 38.5 Å². The third-order valence-electron chi connectivity index (χ3n) is 5.88. The number of ether oxygens (including phenoxy) is 1. The Kier molecular flexibility index (Phi) is 4.63. The highest BCUT2D eigenvalue weighted by atomic mass is 35.5. The fourth-order valence-corrected chi connectivity index (χ4v) is 4.24. The molecule has 3 rings (SSSR count). The fourth-order valence-electron chi connectivity index (χ4n) is 4.24. The lowest BCUT2D eigenvalue weighted by molar-refractivity contribution is -0.230. The monoisotopic (exact) mass is 316 g/mol. The van der Waals surface area contributed by atoms with Crippen LogP contribution in [-0.2, 0) is 9.53 Å². The van der Waals surface area contributed by atoms with Crippen LogP contribution in [0.1, 0.15) is 46.5 Å². The van der Waals surface area contributed by atoms with Gasteiger partial charge in [-0.15, -0.1) is 12.4 Å². The van der Waals surface area contributed by atoms with Crippen molar-refractivity contribution in [3.63, 3.8) is 0 Å². The number of nitrogens with zero attached hydrogens (tertiary/aromatic N) is 1. The third-order valence-corrected chi connectivity index (χ3v) is 5.88. The zero-order valence-corrected chi connectivity index (χ0v) is 14.2. The number of hydrogen-bond donors (Lipinski definition) is 1. The molecule has 1 saturated heterocycles. The molecule has 0 spiro atoms. The maximum absolute atomic E-state index is 13.1. The molecule has 0 aromatic carbocycles. The van der Waals surface area contributed by atoms with E-state index in [4.69, 9.17) is 10.5 Å². The highest BCUT2D eigenvalue weighted by Crippen LogP contribution is 2.58. The smallest absolute Gasteiger partial charge is 0.243 e. The molecule has 3 fully saturated rings. The molecule has 2 saturated carbocycles. The molecule has 1 aliphatic heterocycles. The van der Waals surface area contributed by atoms with Gasteiger partial charge in [0.15, 0.2) is 0 Å². The maximum atomic E-state index is 13.1. The number of hydrogen-bond acceptors (Lipinski definition) is 3. The van der Waals surface area contributed by atoms with Gasteiger partial charge in [-0.1, -0.05) is 13.8 Å². The van der Waals surface area contributed by atoms with Crippen molar-refractivity contribution >= 4 is 18.3 Å². The van der Waals surface area contributed by atoms with Crippen LogP contribution in [0.25, 0.3) is 0 Å². The van der Waals surface area contributed by atoms with Crippen molar-refractivity contribution in [2.24, 2.45) is 23.0 Å². The second kappa shape index (κ2) is 5.71. The Morgan fingerprint density at radius 1 is 1.33 bits per heavy atom. The van der Waals surface area contributed by atoms with Crippen molar-refractivity contribution in [2.45, 2.75) is 58.1 Å². The van der Waals surface area contributed by atoms with E-state index in [1.807, 2.05) is 4.90 Å². The van der Waals surface area contributed by atoms with Crippen LogP contribution >= 0.6 is 12.4 Å². The molecule has 0 bridgehead atoms. The van der Waals surface area contributed by atoms with E-state index in [0.717, 1.165) is 32.5 Å². The average Bonchev–Trinajstić information content (AvgIpc) is 3.27. The largest absolute Gasteiger partial charge is 0.377 e. The normalized spacial score (nSPS) is 37.0. The number of likely N-dealkylation sites (N-methyl/N-ethyl adjacent to an activating group) is 1. The molecule has 2 aliphatic carbocycles. The summed E-state index contributed by atoms with van der Waals surface area (Å²) in [4.78, 5) is 15.0. The van der Waals surface area contributed by atoms with Crippen LogP contribution in [0, 0.1) is 17.3 Å². The van der Waals surface area contributed by atoms with Gasteiger partial charge in [0.05, 0.1) is 6.10 Å². The van der Waals surface area contributed by atoms with E-state index < -0.39 is 5.54 Å². The van der Waals surface area contributed by atoms with Crippen LogP contribution in [0.3, 0.4) is 0 Å². The molecule has 1 heterocycles. The van der Waals surface area contributed by atoms with Gasteiger partial charge in [-0.25, -0.2) is 0 Å². The van der Waals surface area contributed by atoms with Gasteiger partial charge in [-0.3, -0.25) is 4.79 Å². The van der Waals surface area contributed by atoms with Gasteiger partial charge in [0.25, 0.3) is 0 Å². The van der Waals surface area contributed by atoms with Crippen molar-refractivity contribution in [1.29, 1.82) is 0 Å². The summed E-state index contributed by atoms with van der Waals surface area (Å²) >= 11 is 0. The van der Waals surface area contributed by atoms with Crippen LogP contribution in [-0.4, -0.2) is 42.1 Å². The Bertz CT molecular complexity index is 411. The minimum absolute atomic E-state index is 0. The number of halogens is 1. The Labute approximate surface area is 134 Å². The van der Waals surface area contributed by atoms with Gasteiger partial charge < -0.3 is 15.4 Å². The number of amides is 1. The summed E-state index contributed by atoms with van der Waals surface area (Å²) in [6.45, 7) is 8.73. The minimum Gasteiger partial charge on any atom is -0.377 e. The zero-order chi connectivity index (χ0) is 14.5. The number of carbonyl (C=O) groups is 1. The summed E-state index contributed by atoms with van der Waals surface area (Å²) in [5.74, 6) is 1.07. The first-order chi connectivity index (χ1) is 9.42. The van der Waals surface area contributed by atoms with E-state index in [1.54, 1.807) is 0 Å². The molecule has 4 nitrogen and oxygen atoms in total. The average molecular weight is 317 g/mol. The molecular formula is C16H29ClN2O2. The van der Waals surface area contributed by atoms with Crippen molar-refractivity contribution in [3.05, 3.63) is 0 Å². The Morgan fingerprint density at radius 3 is 2.57 bits per heavy atom. The predicted octanol–water partition coefficient (Wildman–Crippen LogP) is 2.20. The van der Waals surface area contributed by atoms with E-state index in [2.05, 4.69) is 20.8 Å². The topological polar surface area (TPSA) is 55.6 Å². The second-order valence-corrected chi connectivity index (χ2v) is 7.42. The molecule has 0 aromatic rings. The molecule has 122 valence electrons. The second-order valence-electron chi connectivity index (χ2n) is 7.42. The fraction of sp³-hybridized carbons (Fsp3) is 0.938. The minimum atomic E-state index is -0.733. The van der Waals surface area contributed by atoms with E-state index >= 15 is 0 Å². The van der Waals surface area contributed by atoms with Crippen LogP contribution in [0.15, 0.2) is 0 Å². The van der Waals surface area contributed by atoms with Gasteiger partial charge >= 0.3 is 0 Å². The lowest BCUT2D eigenvalue weighted by Gasteiger charge is -2.65. The molecule has 5 heteroatoms. The molecule has 2 N–H and O–H groups in total. The summed E-state index contributed by atoms with van der Waals surface area (Å²) in [6, 6.07) is 0. The maximum Gasteiger partial charge on any atom is 0.243 e. The van der Waals surface area contributed by atoms with Crippen LogP contribution in [0.2, 0.25) is 0 Å². The van der Waals surface area contributed by atoms with Gasteiger partial charge in [-0.2, -0.15) is 0 Å². The predicted molar refractivity (Wildman–Crippen MR) is 85.4 cm³/mol. The van der Waals surface area contributed by atoms with E-state index in [-0.39, 0.29) is 35.8 Å². The number of carbonyl (C=O) groups excluding carboxylic acids is 1. The first-order valence-electron chi connectivity index (χ1n) is 8.12. The van der Waals surface area contributed by atoms with Gasteiger partial charge in [0, 0.05) is 31.0 Å². The molecule has 0 aromatic heterocycles. The van der Waals surface area contributed by atoms with Gasteiger partial charge in [0.1, 0.15) is 5.54 Å². The van der Waals surface area contributed by atoms with E-state index in [0.29, 0.717) is 5.92 Å². The molecular weight excluding hydrogens is 288 g/mol. The number of fused-ring (bicyclic) bond motifs is 1. The lowest BCUT2D eigenvalue weighted by Crippen LogP contribution is -2.82. The SMILES string of the molecule is CCN(CC1CC1)C(=O)C1(N)C2CCCOC2C1(C)C.Cl. The zero-order valence-electron chi connectivity index (χ0n) is 13.4. The van der Waals surface area contributed by atoms with Crippen LogP contribution in [0.4, 0.5) is 0 Å². The molecule has 3 atom stereocenters. The van der Waals surface area contributed by atoms with Crippen molar-refractivity contribution in [2.75, 3.05) is 19.7 Å². The number of rotatable bonds is 4. The van der Waals surface area contributed by atoms with Gasteiger partial charge in [0.2, 0.25) is 5.91 Å². The number of nitrogens with two attached hydrogens (primary N) is 1. The van der Waals surface area contributed by atoms with Crippen molar-refractivity contribution in [1.82, 2.24) is 4.90 Å². The molecule has 1 amide bonds. The molecule has 3 unspecified atom stereocenters. The quantitative estimate of drug-likeness (QED) is 0.865. The first kappa shape index (κ1) is 17.0. The Morgan fingerprint density at radius 2 is 2.00 bits per heavy atom. The van der Waals surface area contributed by atoms with Crippen LogP contribution in [0.5, 0.6) is 0 Å².